The van der Waals surface area contributed by atoms with Gasteiger partial charge in [0.1, 0.15) is 5.82 Å². The highest BCUT2D eigenvalue weighted by molar-refractivity contribution is 6.30. The van der Waals surface area contributed by atoms with E-state index in [0.717, 1.165) is 62.7 Å². The summed E-state index contributed by atoms with van der Waals surface area (Å²) in [4.78, 5) is 33.5. The topological polar surface area (TPSA) is 89.0 Å². The Hall–Kier alpha value is -2.89. The van der Waals surface area contributed by atoms with Gasteiger partial charge in [0.15, 0.2) is 0 Å². The molecule has 1 aromatic heterocycles. The van der Waals surface area contributed by atoms with Gasteiger partial charge in [-0.25, -0.2) is 9.78 Å². The van der Waals surface area contributed by atoms with Gasteiger partial charge in [0.2, 0.25) is 5.91 Å². The van der Waals surface area contributed by atoms with E-state index in [1.807, 2.05) is 24.4 Å². The summed E-state index contributed by atoms with van der Waals surface area (Å²) in [6, 6.07) is 15.7. The molecule has 3 heterocycles. The highest BCUT2D eigenvalue weighted by Gasteiger charge is 2.39. The Bertz CT molecular complexity index is 1130. The van der Waals surface area contributed by atoms with Crippen LogP contribution in [0.1, 0.15) is 38.7 Å². The summed E-state index contributed by atoms with van der Waals surface area (Å²) in [7, 11) is 1.73. The van der Waals surface area contributed by atoms with E-state index in [0.29, 0.717) is 30.6 Å². The Labute approximate surface area is 250 Å². The monoisotopic (exact) mass is 611 g/mol. The van der Waals surface area contributed by atoms with E-state index >= 15 is 0 Å². The molecule has 4 rings (SSSR count). The fourth-order valence-corrected chi connectivity index (χ4v) is 5.87. The molecule has 1 aromatic carbocycles. The van der Waals surface area contributed by atoms with Gasteiger partial charge in [-0.1, -0.05) is 43.6 Å². The van der Waals surface area contributed by atoms with Crippen LogP contribution in [0.3, 0.4) is 0 Å². The van der Waals surface area contributed by atoms with Gasteiger partial charge in [0.05, 0.1) is 6.54 Å². The molecule has 2 aromatic rings. The second-order valence-electron chi connectivity index (χ2n) is 11.3. The number of hydrogen-bond acceptors (Lipinski definition) is 6. The van der Waals surface area contributed by atoms with E-state index in [1.165, 1.54) is 5.56 Å². The number of alkyl halides is 3. The lowest BCUT2D eigenvalue weighted by Gasteiger charge is -2.51. The van der Waals surface area contributed by atoms with Crippen molar-refractivity contribution in [3.8, 4) is 0 Å². The molecule has 42 heavy (non-hydrogen) atoms. The summed E-state index contributed by atoms with van der Waals surface area (Å²) >= 11 is 6.16. The Morgan fingerprint density at radius 2 is 1.71 bits per heavy atom. The van der Waals surface area contributed by atoms with Crippen LogP contribution >= 0.6 is 11.6 Å². The predicted octanol–water partition coefficient (Wildman–Crippen LogP) is 4.73. The zero-order valence-electron chi connectivity index (χ0n) is 24.4. The smallest absolute Gasteiger partial charge is 0.475 e. The average Bonchev–Trinajstić information content (AvgIpc) is 2.95. The van der Waals surface area contributed by atoms with Crippen molar-refractivity contribution in [1.29, 1.82) is 0 Å². The summed E-state index contributed by atoms with van der Waals surface area (Å²) in [5, 5.41) is 10.7. The first-order valence-electron chi connectivity index (χ1n) is 14.3. The maximum absolute atomic E-state index is 12.4. The van der Waals surface area contributed by atoms with Gasteiger partial charge in [-0.3, -0.25) is 14.6 Å². The molecule has 2 N–H and O–H groups in total. The quantitative estimate of drug-likeness (QED) is 0.446. The Kier molecular flexibility index (Phi) is 12.4. The highest BCUT2D eigenvalue weighted by Crippen LogP contribution is 2.29. The number of carboxylic acid groups (broad SMARTS) is 1. The number of pyridine rings is 1. The molecule has 2 aliphatic heterocycles. The zero-order valence-corrected chi connectivity index (χ0v) is 25.1. The van der Waals surface area contributed by atoms with E-state index in [-0.39, 0.29) is 5.91 Å². The number of aromatic nitrogens is 1. The molecule has 1 amide bonds. The number of halogens is 4. The first-order chi connectivity index (χ1) is 19.9. The van der Waals surface area contributed by atoms with Crippen molar-refractivity contribution in [2.24, 2.45) is 5.92 Å². The van der Waals surface area contributed by atoms with Crippen LogP contribution in [0, 0.1) is 5.92 Å². The van der Waals surface area contributed by atoms with E-state index in [9.17, 15) is 18.0 Å². The number of carboxylic acids is 1. The molecule has 2 saturated heterocycles. The van der Waals surface area contributed by atoms with Crippen LogP contribution in [0.4, 0.5) is 19.0 Å². The van der Waals surface area contributed by atoms with Gasteiger partial charge >= 0.3 is 12.1 Å². The molecule has 0 aliphatic carbocycles. The maximum atomic E-state index is 12.4. The van der Waals surface area contributed by atoms with Gasteiger partial charge < -0.3 is 15.3 Å². The number of anilines is 1. The molecular weight excluding hydrogens is 571 g/mol. The third-order valence-corrected chi connectivity index (χ3v) is 8.01. The first kappa shape index (κ1) is 33.6. The standard InChI is InChI=1S/C28H40ClN5O.C2HF3O2/c1-21(2)16-25-19-34(24-11-14-32(15-12-24)27-6-4-5-13-31-27)26(18-33(25)20-28(35)30-3)17-22-7-9-23(29)10-8-22;3-2(4,5)1(6)7/h4-10,13,21,24-26H,11-12,14-20H2,1-3H3,(H,30,35);(H,6,7)/t25-,26-;/m0./s1. The van der Waals surface area contributed by atoms with Crippen molar-refractivity contribution in [3.63, 3.8) is 0 Å². The highest BCUT2D eigenvalue weighted by atomic mass is 35.5. The van der Waals surface area contributed by atoms with Crippen LogP contribution in [0.2, 0.25) is 5.02 Å². The molecule has 0 spiro atoms. The summed E-state index contributed by atoms with van der Waals surface area (Å²) < 4.78 is 31.7. The largest absolute Gasteiger partial charge is 0.490 e. The molecule has 8 nitrogen and oxygen atoms in total. The number of piperazine rings is 1. The van der Waals surface area contributed by atoms with Crippen molar-refractivity contribution in [2.75, 3.05) is 44.7 Å². The van der Waals surface area contributed by atoms with E-state index in [1.54, 1.807) is 7.05 Å². The van der Waals surface area contributed by atoms with Gasteiger partial charge in [-0.05, 0) is 61.4 Å². The summed E-state index contributed by atoms with van der Waals surface area (Å²) in [5.74, 6) is -0.988. The van der Waals surface area contributed by atoms with Gasteiger partial charge in [-0.15, -0.1) is 0 Å². The fraction of sp³-hybridized carbons (Fsp3) is 0.567. The van der Waals surface area contributed by atoms with Crippen molar-refractivity contribution < 1.29 is 27.9 Å². The minimum Gasteiger partial charge on any atom is -0.475 e. The Morgan fingerprint density at radius 1 is 1.07 bits per heavy atom. The molecule has 0 radical (unpaired) electrons. The lowest BCUT2D eigenvalue weighted by molar-refractivity contribution is -0.192. The maximum Gasteiger partial charge on any atom is 0.490 e. The number of rotatable bonds is 8. The van der Waals surface area contributed by atoms with Crippen LogP contribution in [-0.4, -0.2) is 95.8 Å². The number of piperidine rings is 1. The average molecular weight is 612 g/mol. The minimum atomic E-state index is -5.08. The number of nitrogens with zero attached hydrogens (tertiary/aromatic N) is 4. The summed E-state index contributed by atoms with van der Waals surface area (Å²) in [6.45, 7) is 9.03. The normalized spacial score (nSPS) is 20.6. The lowest BCUT2D eigenvalue weighted by atomic mass is 9.91. The number of amides is 1. The van der Waals surface area contributed by atoms with Crippen molar-refractivity contribution in [2.45, 2.75) is 63.8 Å². The second-order valence-corrected chi connectivity index (χ2v) is 11.7. The molecule has 2 aliphatic rings. The van der Waals surface area contributed by atoms with Crippen molar-refractivity contribution >= 4 is 29.3 Å². The van der Waals surface area contributed by atoms with Gasteiger partial charge in [0, 0.05) is 62.6 Å². The first-order valence-corrected chi connectivity index (χ1v) is 14.7. The summed E-state index contributed by atoms with van der Waals surface area (Å²) in [5.41, 5.74) is 1.30. The number of likely N-dealkylation sites (N-methyl/N-ethyl adjacent to an activating group) is 1. The Morgan fingerprint density at radius 3 is 2.24 bits per heavy atom. The van der Waals surface area contributed by atoms with E-state index < -0.39 is 12.1 Å². The summed E-state index contributed by atoms with van der Waals surface area (Å²) in [6.07, 6.45) is 1.14. The molecule has 0 saturated carbocycles. The second kappa shape index (κ2) is 15.5. The van der Waals surface area contributed by atoms with Crippen LogP contribution < -0.4 is 10.2 Å². The lowest BCUT2D eigenvalue weighted by Crippen LogP contribution is -2.63. The number of carbonyl (C=O) groups excluding carboxylic acids is 1. The number of nitrogens with one attached hydrogen (secondary N) is 1. The number of benzene rings is 1. The third-order valence-electron chi connectivity index (χ3n) is 7.76. The molecule has 2 atom stereocenters. The van der Waals surface area contributed by atoms with Gasteiger partial charge in [0.25, 0.3) is 0 Å². The van der Waals surface area contributed by atoms with E-state index in [4.69, 9.17) is 21.5 Å². The number of aliphatic carboxylic acids is 1. The van der Waals surface area contributed by atoms with Crippen LogP contribution in [0.25, 0.3) is 0 Å². The predicted molar refractivity (Wildman–Crippen MR) is 158 cm³/mol. The Balaban J connectivity index is 0.000000616. The fourth-order valence-electron chi connectivity index (χ4n) is 5.75. The minimum absolute atomic E-state index is 0.0983. The molecule has 232 valence electrons. The van der Waals surface area contributed by atoms with Crippen molar-refractivity contribution in [1.82, 2.24) is 20.1 Å². The van der Waals surface area contributed by atoms with Crippen LogP contribution in [0.15, 0.2) is 48.7 Å². The molecule has 12 heteroatoms. The third kappa shape index (κ3) is 10.1. The number of hydrogen-bond donors (Lipinski definition) is 2. The zero-order chi connectivity index (χ0) is 30.9. The van der Waals surface area contributed by atoms with Gasteiger partial charge in [-0.2, -0.15) is 13.2 Å². The van der Waals surface area contributed by atoms with E-state index in [2.05, 4.69) is 63.1 Å². The van der Waals surface area contributed by atoms with Crippen LogP contribution in [0.5, 0.6) is 0 Å². The number of carbonyl (C=O) groups is 2. The molecule has 0 unspecified atom stereocenters. The molecule has 0 bridgehead atoms. The SMILES string of the molecule is CNC(=O)CN1C[C@H](Cc2ccc(Cl)cc2)N(C2CCN(c3ccccn3)CC2)C[C@@H]1CC(C)C.O=C(O)C(F)(F)F. The molecule has 2 fully saturated rings. The molecular formula is C30H41ClF3N5O3. The van der Waals surface area contributed by atoms with Crippen LogP contribution in [-0.2, 0) is 16.0 Å². The van der Waals surface area contributed by atoms with Crippen molar-refractivity contribution in [3.05, 3.63) is 59.2 Å².